The molecule has 2 saturated heterocycles. The number of pyridine rings is 1. The van der Waals surface area contributed by atoms with Gasteiger partial charge in [0.25, 0.3) is 0 Å². The van der Waals surface area contributed by atoms with Crippen LogP contribution in [0.25, 0.3) is 22.3 Å². The Balaban J connectivity index is 1.22. The predicted molar refractivity (Wildman–Crippen MR) is 177 cm³/mol. The molecule has 0 atom stereocenters. The molecule has 240 valence electrons. The Hall–Kier alpha value is -3.17. The van der Waals surface area contributed by atoms with Crippen LogP contribution in [-0.4, -0.2) is 80.2 Å². The summed E-state index contributed by atoms with van der Waals surface area (Å²) in [6, 6.07) is 9.25. The maximum absolute atomic E-state index is 14.6. The maximum atomic E-state index is 14.6. The van der Waals surface area contributed by atoms with Crippen molar-refractivity contribution < 1.29 is 14.3 Å². The van der Waals surface area contributed by atoms with Crippen LogP contribution in [0.15, 0.2) is 30.6 Å². The minimum Gasteiger partial charge on any atom is -0.444 e. The summed E-state index contributed by atoms with van der Waals surface area (Å²) in [4.78, 5) is 43.5. The third-order valence-electron chi connectivity index (χ3n) is 10.4. The van der Waals surface area contributed by atoms with Crippen molar-refractivity contribution in [1.29, 1.82) is 0 Å². The number of likely N-dealkylation sites (tertiary alicyclic amines) is 2. The van der Waals surface area contributed by atoms with Gasteiger partial charge in [-0.1, -0.05) is 30.2 Å². The fraction of sp³-hybridized carbons (Fsp3) is 0.600. The number of carbonyl (C=O) groups excluding carboxylic acids is 2. The molecular formula is C35H45ClN6O3. The van der Waals surface area contributed by atoms with Crippen LogP contribution < -0.4 is 4.90 Å². The van der Waals surface area contributed by atoms with E-state index in [1.54, 1.807) is 4.90 Å². The molecule has 5 heterocycles. The first-order valence-corrected chi connectivity index (χ1v) is 17.1. The Kier molecular flexibility index (Phi) is 7.63. The summed E-state index contributed by atoms with van der Waals surface area (Å²) in [6.45, 7) is 13.2. The fourth-order valence-corrected chi connectivity index (χ4v) is 8.18. The summed E-state index contributed by atoms with van der Waals surface area (Å²) < 4.78 is 7.70. The van der Waals surface area contributed by atoms with Crippen LogP contribution >= 0.6 is 11.6 Å². The molecule has 0 radical (unpaired) electrons. The molecule has 2 amide bonds. The van der Waals surface area contributed by atoms with Gasteiger partial charge in [0.05, 0.1) is 23.0 Å². The zero-order chi connectivity index (χ0) is 31.7. The van der Waals surface area contributed by atoms with Crippen LogP contribution in [0.1, 0.15) is 91.2 Å². The fourth-order valence-electron chi connectivity index (χ4n) is 7.90. The van der Waals surface area contributed by atoms with Gasteiger partial charge in [-0.05, 0) is 104 Å². The standard InChI is InChI=1S/C35H45ClN6O3/c1-22(2)41-21-37-28-20-27(38-31(36)30(28)41)23-9-10-26-29(17-23)42(25-18-24(19-25)39-13-7-6-8-14-39)32(43)35(26)11-15-40(16-12-35)33(44)45-34(3,4)5/h9-10,17,20-22,24-25H,6-8,11-16,18-19H2,1-5H3/t24-,25+. The van der Waals surface area contributed by atoms with Crippen molar-refractivity contribution in [3.8, 4) is 11.3 Å². The van der Waals surface area contributed by atoms with Crippen LogP contribution in [-0.2, 0) is 14.9 Å². The maximum Gasteiger partial charge on any atom is 0.410 e. The molecule has 3 aliphatic heterocycles. The molecule has 1 spiro atoms. The first-order chi connectivity index (χ1) is 21.4. The number of rotatable bonds is 4. The smallest absolute Gasteiger partial charge is 0.410 e. The van der Waals surface area contributed by atoms with Gasteiger partial charge in [-0.2, -0.15) is 0 Å². The second kappa shape index (κ2) is 11.3. The average Bonchev–Trinajstić information content (AvgIpc) is 3.51. The highest BCUT2D eigenvalue weighted by molar-refractivity contribution is 6.34. The quantitative estimate of drug-likeness (QED) is 0.289. The van der Waals surface area contributed by atoms with E-state index in [9.17, 15) is 9.59 Å². The number of halogens is 1. The van der Waals surface area contributed by atoms with Crippen molar-refractivity contribution in [2.45, 2.75) is 109 Å². The first-order valence-electron chi connectivity index (χ1n) is 16.7. The SMILES string of the molecule is CC(C)n1cnc2cc(-c3ccc4c(c3)N([C@H]3C[C@@H](N5CCCCC5)C3)C(=O)C43CCN(C(=O)OC(C)(C)C)CC3)nc(Cl)c21. The van der Waals surface area contributed by atoms with E-state index in [0.29, 0.717) is 37.1 Å². The van der Waals surface area contributed by atoms with E-state index in [2.05, 4.69) is 46.8 Å². The number of carbonyl (C=O) groups is 2. The molecule has 1 aliphatic carbocycles. The molecule has 45 heavy (non-hydrogen) atoms. The van der Waals surface area contributed by atoms with Gasteiger partial charge in [0.15, 0.2) is 5.15 Å². The van der Waals surface area contributed by atoms with Gasteiger partial charge in [0, 0.05) is 42.5 Å². The van der Waals surface area contributed by atoms with Crippen LogP contribution in [0, 0.1) is 0 Å². The van der Waals surface area contributed by atoms with Crippen LogP contribution in [0.5, 0.6) is 0 Å². The molecule has 10 heteroatoms. The number of benzene rings is 1. The zero-order valence-electron chi connectivity index (χ0n) is 27.2. The normalized spacial score (nSPS) is 23.6. The minimum absolute atomic E-state index is 0.169. The highest BCUT2D eigenvalue weighted by Gasteiger charge is 2.56. The van der Waals surface area contributed by atoms with Gasteiger partial charge in [-0.3, -0.25) is 4.79 Å². The summed E-state index contributed by atoms with van der Waals surface area (Å²) in [6.07, 6.45) is 8.52. The number of imidazole rings is 1. The lowest BCUT2D eigenvalue weighted by molar-refractivity contribution is -0.126. The van der Waals surface area contributed by atoms with Gasteiger partial charge in [0.2, 0.25) is 5.91 Å². The van der Waals surface area contributed by atoms with Crippen molar-refractivity contribution in [3.05, 3.63) is 41.3 Å². The molecule has 7 rings (SSSR count). The van der Waals surface area contributed by atoms with Crippen molar-refractivity contribution >= 4 is 40.3 Å². The number of ether oxygens (including phenoxy) is 1. The van der Waals surface area contributed by atoms with Gasteiger partial charge in [0.1, 0.15) is 11.1 Å². The van der Waals surface area contributed by atoms with Gasteiger partial charge in [-0.15, -0.1) is 0 Å². The summed E-state index contributed by atoms with van der Waals surface area (Å²) in [5.74, 6) is 0.178. The van der Waals surface area contributed by atoms with E-state index in [1.807, 2.05) is 37.7 Å². The lowest BCUT2D eigenvalue weighted by atomic mass is 9.73. The van der Waals surface area contributed by atoms with Crippen molar-refractivity contribution in [1.82, 2.24) is 24.3 Å². The van der Waals surface area contributed by atoms with Gasteiger partial charge in [-0.25, -0.2) is 14.8 Å². The topological polar surface area (TPSA) is 83.8 Å². The Labute approximate surface area is 270 Å². The Bertz CT molecular complexity index is 1620. The van der Waals surface area contributed by atoms with Crippen LogP contribution in [0.3, 0.4) is 0 Å². The molecule has 9 nitrogen and oxygen atoms in total. The summed E-state index contributed by atoms with van der Waals surface area (Å²) >= 11 is 6.76. The zero-order valence-corrected chi connectivity index (χ0v) is 27.9. The number of hydrogen-bond donors (Lipinski definition) is 0. The number of piperidine rings is 2. The Morgan fingerprint density at radius 2 is 1.73 bits per heavy atom. The molecule has 3 fully saturated rings. The van der Waals surface area contributed by atoms with Crippen molar-refractivity contribution in [3.63, 3.8) is 0 Å². The third kappa shape index (κ3) is 5.29. The van der Waals surface area contributed by atoms with Crippen LogP contribution in [0.4, 0.5) is 10.5 Å². The lowest BCUT2D eigenvalue weighted by Crippen LogP contribution is -2.58. The Morgan fingerprint density at radius 3 is 2.40 bits per heavy atom. The van der Waals surface area contributed by atoms with Crippen LogP contribution in [0.2, 0.25) is 5.15 Å². The number of fused-ring (bicyclic) bond motifs is 3. The third-order valence-corrected chi connectivity index (χ3v) is 10.7. The predicted octanol–water partition coefficient (Wildman–Crippen LogP) is 6.96. The number of hydrogen-bond acceptors (Lipinski definition) is 6. The largest absolute Gasteiger partial charge is 0.444 e. The minimum atomic E-state index is -0.645. The van der Waals surface area contributed by atoms with E-state index in [0.717, 1.165) is 59.5 Å². The monoisotopic (exact) mass is 632 g/mol. The average molecular weight is 633 g/mol. The van der Waals surface area contributed by atoms with E-state index >= 15 is 0 Å². The second-order valence-electron chi connectivity index (χ2n) is 14.7. The first kappa shape index (κ1) is 30.5. The van der Waals surface area contributed by atoms with Gasteiger partial charge < -0.3 is 24.0 Å². The molecule has 0 N–H and O–H groups in total. The van der Waals surface area contributed by atoms with E-state index in [-0.39, 0.29) is 24.1 Å². The number of amides is 2. The van der Waals surface area contributed by atoms with Crippen molar-refractivity contribution in [2.24, 2.45) is 0 Å². The molecule has 3 aromatic rings. The van der Waals surface area contributed by atoms with E-state index in [1.165, 1.54) is 19.3 Å². The number of nitrogens with zero attached hydrogens (tertiary/aromatic N) is 6. The van der Waals surface area contributed by atoms with Crippen molar-refractivity contribution in [2.75, 3.05) is 31.1 Å². The van der Waals surface area contributed by atoms with E-state index < -0.39 is 11.0 Å². The Morgan fingerprint density at radius 1 is 1.02 bits per heavy atom. The van der Waals surface area contributed by atoms with Gasteiger partial charge >= 0.3 is 6.09 Å². The molecule has 2 aromatic heterocycles. The second-order valence-corrected chi connectivity index (χ2v) is 15.1. The lowest BCUT2D eigenvalue weighted by Gasteiger charge is -2.48. The summed E-state index contributed by atoms with van der Waals surface area (Å²) in [7, 11) is 0. The molecule has 0 bridgehead atoms. The molecule has 1 aromatic carbocycles. The highest BCUT2D eigenvalue weighted by atomic mass is 35.5. The molecule has 0 unspecified atom stereocenters. The molecule has 1 saturated carbocycles. The summed E-state index contributed by atoms with van der Waals surface area (Å²) in [5, 5.41) is 0.427. The highest BCUT2D eigenvalue weighted by Crippen LogP contribution is 2.52. The molecular weight excluding hydrogens is 588 g/mol. The van der Waals surface area contributed by atoms with E-state index in [4.69, 9.17) is 21.3 Å². The molecule has 4 aliphatic rings. The number of aromatic nitrogens is 3. The summed E-state index contributed by atoms with van der Waals surface area (Å²) in [5.41, 5.74) is 4.16. The number of anilines is 1.